The van der Waals surface area contributed by atoms with Gasteiger partial charge in [0.15, 0.2) is 0 Å². The molecule has 0 saturated heterocycles. The predicted molar refractivity (Wildman–Crippen MR) is 71.9 cm³/mol. The van der Waals surface area contributed by atoms with Crippen molar-refractivity contribution in [1.29, 1.82) is 5.26 Å². The first-order chi connectivity index (χ1) is 9.02. The lowest BCUT2D eigenvalue weighted by Crippen LogP contribution is -2.28. The Morgan fingerprint density at radius 1 is 1.21 bits per heavy atom. The Morgan fingerprint density at radius 3 is 2.37 bits per heavy atom. The highest BCUT2D eigenvalue weighted by atomic mass is 32.2. The van der Waals surface area contributed by atoms with E-state index in [1.165, 1.54) is 35.6 Å². The maximum atomic E-state index is 12.2. The summed E-state index contributed by atoms with van der Waals surface area (Å²) in [5.74, 6) is 0. The topological polar surface area (TPSA) is 81.4 Å². The summed E-state index contributed by atoms with van der Waals surface area (Å²) < 4.78 is 25.7. The molecule has 0 saturated carbocycles. The van der Waals surface area contributed by atoms with Crippen LogP contribution in [0.3, 0.4) is 0 Å². The minimum absolute atomic E-state index is 0.131. The molecule has 0 aliphatic rings. The number of aliphatic hydroxyl groups is 1. The highest BCUT2D eigenvalue weighted by molar-refractivity contribution is 7.89. The van der Waals surface area contributed by atoms with E-state index in [1.54, 1.807) is 0 Å². The number of nitriles is 1. The Balaban J connectivity index is 2.70. The number of unbranched alkanes of at least 4 members (excludes halogenated alkanes) is 2. The molecule has 0 bridgehead atoms. The fourth-order valence-electron chi connectivity index (χ4n) is 1.62. The summed E-state index contributed by atoms with van der Waals surface area (Å²) in [7, 11) is -1.96. The largest absolute Gasteiger partial charge is 0.396 e. The molecule has 0 radical (unpaired) electrons. The fraction of sp³-hybridized carbons (Fsp3) is 0.462. The van der Waals surface area contributed by atoms with Crippen molar-refractivity contribution in [1.82, 2.24) is 4.31 Å². The van der Waals surface area contributed by atoms with E-state index in [4.69, 9.17) is 10.4 Å². The van der Waals surface area contributed by atoms with E-state index in [1.807, 2.05) is 6.07 Å². The van der Waals surface area contributed by atoms with Crippen molar-refractivity contribution in [2.75, 3.05) is 20.2 Å². The molecule has 1 rings (SSSR count). The van der Waals surface area contributed by atoms with Crippen LogP contribution in [0, 0.1) is 11.3 Å². The molecule has 5 nitrogen and oxygen atoms in total. The van der Waals surface area contributed by atoms with E-state index in [-0.39, 0.29) is 11.5 Å². The number of hydrogen-bond acceptors (Lipinski definition) is 4. The third kappa shape index (κ3) is 4.31. The van der Waals surface area contributed by atoms with Gasteiger partial charge in [0.05, 0.1) is 16.5 Å². The minimum Gasteiger partial charge on any atom is -0.396 e. The van der Waals surface area contributed by atoms with Gasteiger partial charge in [-0.25, -0.2) is 12.7 Å². The summed E-state index contributed by atoms with van der Waals surface area (Å²) in [5, 5.41) is 17.3. The van der Waals surface area contributed by atoms with E-state index < -0.39 is 10.0 Å². The average Bonchev–Trinajstić information content (AvgIpc) is 2.43. The third-order valence-electron chi connectivity index (χ3n) is 2.82. The second-order valence-corrected chi connectivity index (χ2v) is 6.29. The summed E-state index contributed by atoms with van der Waals surface area (Å²) in [5.41, 5.74) is 0.435. The van der Waals surface area contributed by atoms with Gasteiger partial charge in [-0.15, -0.1) is 0 Å². The van der Waals surface area contributed by atoms with Crippen molar-refractivity contribution in [3.05, 3.63) is 29.8 Å². The second kappa shape index (κ2) is 7.24. The number of hydrogen-bond donors (Lipinski definition) is 1. The zero-order chi connectivity index (χ0) is 14.3. The lowest BCUT2D eigenvalue weighted by molar-refractivity contribution is 0.281. The van der Waals surface area contributed by atoms with Crippen LogP contribution in [0.15, 0.2) is 29.2 Å². The van der Waals surface area contributed by atoms with Crippen molar-refractivity contribution in [3.8, 4) is 6.07 Å². The highest BCUT2D eigenvalue weighted by Crippen LogP contribution is 2.15. The van der Waals surface area contributed by atoms with Crippen LogP contribution in [0.1, 0.15) is 24.8 Å². The van der Waals surface area contributed by atoms with Gasteiger partial charge >= 0.3 is 0 Å². The number of benzene rings is 1. The third-order valence-corrected chi connectivity index (χ3v) is 4.69. The molecule has 0 spiro atoms. The van der Waals surface area contributed by atoms with Crippen LogP contribution in [0.4, 0.5) is 0 Å². The molecule has 0 aromatic heterocycles. The number of nitrogens with zero attached hydrogens (tertiary/aromatic N) is 2. The van der Waals surface area contributed by atoms with Crippen LogP contribution in [-0.2, 0) is 10.0 Å². The molecule has 0 amide bonds. The Morgan fingerprint density at radius 2 is 1.84 bits per heavy atom. The van der Waals surface area contributed by atoms with Gasteiger partial charge in [0.1, 0.15) is 0 Å². The van der Waals surface area contributed by atoms with Crippen LogP contribution < -0.4 is 0 Å². The van der Waals surface area contributed by atoms with Gasteiger partial charge in [-0.2, -0.15) is 5.26 Å². The van der Waals surface area contributed by atoms with Crippen LogP contribution in [0.25, 0.3) is 0 Å². The molecule has 1 aromatic rings. The Labute approximate surface area is 114 Å². The van der Waals surface area contributed by atoms with Crippen molar-refractivity contribution in [2.24, 2.45) is 0 Å². The molecule has 0 heterocycles. The lowest BCUT2D eigenvalue weighted by Gasteiger charge is -2.17. The fourth-order valence-corrected chi connectivity index (χ4v) is 2.83. The number of rotatable bonds is 7. The Kier molecular flexibility index (Phi) is 5.96. The van der Waals surface area contributed by atoms with Gasteiger partial charge in [-0.1, -0.05) is 0 Å². The Hall–Kier alpha value is -1.42. The van der Waals surface area contributed by atoms with E-state index in [9.17, 15) is 8.42 Å². The SMILES string of the molecule is CN(CCCCCO)S(=O)(=O)c1ccc(C#N)cc1. The van der Waals surface area contributed by atoms with Crippen LogP contribution in [0.5, 0.6) is 0 Å². The van der Waals surface area contributed by atoms with Crippen LogP contribution >= 0.6 is 0 Å². The van der Waals surface area contributed by atoms with E-state index in [0.29, 0.717) is 24.9 Å². The normalized spacial score (nSPS) is 11.5. The highest BCUT2D eigenvalue weighted by Gasteiger charge is 2.19. The van der Waals surface area contributed by atoms with Gasteiger partial charge in [0.2, 0.25) is 10.0 Å². The van der Waals surface area contributed by atoms with Crippen LogP contribution in [-0.4, -0.2) is 38.0 Å². The first kappa shape index (κ1) is 15.6. The van der Waals surface area contributed by atoms with Gasteiger partial charge < -0.3 is 5.11 Å². The average molecular weight is 282 g/mol. The molecule has 0 fully saturated rings. The molecule has 0 atom stereocenters. The first-order valence-electron chi connectivity index (χ1n) is 6.09. The summed E-state index contributed by atoms with van der Waals surface area (Å²) >= 11 is 0. The van der Waals surface area contributed by atoms with Crippen molar-refractivity contribution in [3.63, 3.8) is 0 Å². The standard InChI is InChI=1S/C13H18N2O3S/c1-15(9-3-2-4-10-16)19(17,18)13-7-5-12(11-14)6-8-13/h5-8,16H,2-4,9-10H2,1H3. The molecule has 6 heteroatoms. The summed E-state index contributed by atoms with van der Waals surface area (Å²) in [6, 6.07) is 7.82. The summed E-state index contributed by atoms with van der Waals surface area (Å²) in [4.78, 5) is 0.191. The van der Waals surface area contributed by atoms with Gasteiger partial charge in [0.25, 0.3) is 0 Å². The minimum atomic E-state index is -3.49. The molecule has 1 aromatic carbocycles. The first-order valence-corrected chi connectivity index (χ1v) is 7.53. The maximum Gasteiger partial charge on any atom is 0.242 e. The zero-order valence-electron chi connectivity index (χ0n) is 10.9. The summed E-state index contributed by atoms with van der Waals surface area (Å²) in [6.45, 7) is 0.550. The molecule has 1 N–H and O–H groups in total. The van der Waals surface area contributed by atoms with Crippen molar-refractivity contribution < 1.29 is 13.5 Å². The van der Waals surface area contributed by atoms with E-state index in [2.05, 4.69) is 0 Å². The number of aliphatic hydroxyl groups excluding tert-OH is 1. The second-order valence-electron chi connectivity index (χ2n) is 4.25. The predicted octanol–water partition coefficient (Wildman–Crippen LogP) is 1.34. The molecular formula is C13H18N2O3S. The Bertz CT molecular complexity index is 532. The number of sulfonamides is 1. The molecule has 104 valence electrons. The molecule has 0 aliphatic carbocycles. The van der Waals surface area contributed by atoms with Crippen molar-refractivity contribution in [2.45, 2.75) is 24.2 Å². The van der Waals surface area contributed by atoms with E-state index in [0.717, 1.165) is 6.42 Å². The monoisotopic (exact) mass is 282 g/mol. The van der Waals surface area contributed by atoms with Gasteiger partial charge in [-0.3, -0.25) is 0 Å². The van der Waals surface area contributed by atoms with E-state index >= 15 is 0 Å². The molecule has 0 unspecified atom stereocenters. The maximum absolute atomic E-state index is 12.2. The molecule has 0 aliphatic heterocycles. The van der Waals surface area contributed by atoms with Crippen molar-refractivity contribution >= 4 is 10.0 Å². The van der Waals surface area contributed by atoms with Gasteiger partial charge in [-0.05, 0) is 43.5 Å². The lowest BCUT2D eigenvalue weighted by atomic mass is 10.2. The quantitative estimate of drug-likeness (QED) is 0.765. The molecular weight excluding hydrogens is 264 g/mol. The zero-order valence-corrected chi connectivity index (χ0v) is 11.7. The van der Waals surface area contributed by atoms with Gasteiger partial charge in [0, 0.05) is 20.2 Å². The van der Waals surface area contributed by atoms with Crippen LogP contribution in [0.2, 0.25) is 0 Å². The summed E-state index contributed by atoms with van der Waals surface area (Å²) in [6.07, 6.45) is 2.20. The smallest absolute Gasteiger partial charge is 0.242 e. The molecule has 19 heavy (non-hydrogen) atoms.